The van der Waals surface area contributed by atoms with E-state index in [1.54, 1.807) is 6.92 Å². The number of likely N-dealkylation sites (tertiary alicyclic amines) is 1. The second-order valence-electron chi connectivity index (χ2n) is 5.18. The molecule has 114 valence electrons. The molecule has 0 aliphatic carbocycles. The monoisotopic (exact) mass is 318 g/mol. The van der Waals surface area contributed by atoms with Crippen molar-refractivity contribution < 1.29 is 8.42 Å². The van der Waals surface area contributed by atoms with E-state index in [2.05, 4.69) is 17.0 Å². The Morgan fingerprint density at radius 3 is 2.50 bits per heavy atom. The van der Waals surface area contributed by atoms with Gasteiger partial charge in [-0.05, 0) is 5.56 Å². The summed E-state index contributed by atoms with van der Waals surface area (Å²) in [5.74, 6) is 0.762. The van der Waals surface area contributed by atoms with E-state index in [9.17, 15) is 8.42 Å². The van der Waals surface area contributed by atoms with E-state index >= 15 is 0 Å². The van der Waals surface area contributed by atoms with Crippen LogP contribution in [0.25, 0.3) is 0 Å². The van der Waals surface area contributed by atoms with E-state index in [1.165, 1.54) is 5.56 Å². The minimum absolute atomic E-state index is 0. The lowest BCUT2D eigenvalue weighted by Crippen LogP contribution is -2.31. The van der Waals surface area contributed by atoms with Crippen LogP contribution in [0.5, 0.6) is 0 Å². The molecule has 2 N–H and O–H groups in total. The first-order valence-electron chi connectivity index (χ1n) is 6.75. The number of hydrogen-bond donors (Lipinski definition) is 1. The van der Waals surface area contributed by atoms with Crippen molar-refractivity contribution in [1.29, 1.82) is 0 Å². The number of benzene rings is 1. The van der Waals surface area contributed by atoms with Crippen LogP contribution in [0.2, 0.25) is 0 Å². The van der Waals surface area contributed by atoms with Gasteiger partial charge in [0.15, 0.2) is 9.84 Å². The Balaban J connectivity index is 0.00000200. The summed E-state index contributed by atoms with van der Waals surface area (Å²) in [6.07, 6.45) is 0. The number of nitrogens with two attached hydrogens (primary N) is 1. The van der Waals surface area contributed by atoms with Crippen molar-refractivity contribution in [3.8, 4) is 0 Å². The maximum absolute atomic E-state index is 11.5. The van der Waals surface area contributed by atoms with Gasteiger partial charge in [0, 0.05) is 37.3 Å². The number of rotatable bonds is 5. The minimum atomic E-state index is -2.89. The van der Waals surface area contributed by atoms with Crippen molar-refractivity contribution in [2.24, 2.45) is 5.73 Å². The molecule has 1 aliphatic rings. The average molecular weight is 319 g/mol. The first-order valence-corrected chi connectivity index (χ1v) is 8.57. The number of halogens is 1. The van der Waals surface area contributed by atoms with Crippen LogP contribution in [0.4, 0.5) is 0 Å². The second kappa shape index (κ2) is 7.41. The van der Waals surface area contributed by atoms with Crippen molar-refractivity contribution in [2.45, 2.75) is 18.9 Å². The molecular formula is C14H23ClN2O2S. The fourth-order valence-electron chi connectivity index (χ4n) is 2.56. The maximum atomic E-state index is 11.5. The van der Waals surface area contributed by atoms with Gasteiger partial charge in [-0.25, -0.2) is 8.42 Å². The lowest BCUT2D eigenvalue weighted by Gasteiger charge is -2.15. The Labute approximate surface area is 127 Å². The highest BCUT2D eigenvalue weighted by Crippen LogP contribution is 2.26. The van der Waals surface area contributed by atoms with Crippen molar-refractivity contribution in [1.82, 2.24) is 4.90 Å². The molecule has 2 rings (SSSR count). The smallest absolute Gasteiger partial charge is 0.151 e. The Morgan fingerprint density at radius 1 is 1.25 bits per heavy atom. The molecule has 1 saturated heterocycles. The van der Waals surface area contributed by atoms with E-state index in [-0.39, 0.29) is 30.0 Å². The summed E-state index contributed by atoms with van der Waals surface area (Å²) < 4.78 is 23.1. The molecule has 2 atom stereocenters. The van der Waals surface area contributed by atoms with Crippen LogP contribution in [0.15, 0.2) is 30.3 Å². The molecule has 0 amide bonds. The Morgan fingerprint density at radius 2 is 1.90 bits per heavy atom. The zero-order valence-electron chi connectivity index (χ0n) is 11.7. The van der Waals surface area contributed by atoms with Gasteiger partial charge in [-0.15, -0.1) is 12.4 Å². The van der Waals surface area contributed by atoms with Crippen LogP contribution < -0.4 is 5.73 Å². The van der Waals surface area contributed by atoms with Gasteiger partial charge in [-0.2, -0.15) is 0 Å². The summed E-state index contributed by atoms with van der Waals surface area (Å²) in [4.78, 5) is 2.16. The van der Waals surface area contributed by atoms with Crippen LogP contribution >= 0.6 is 12.4 Å². The minimum Gasteiger partial charge on any atom is -0.326 e. The normalized spacial score (nSPS) is 23.5. The number of hydrogen-bond acceptors (Lipinski definition) is 4. The molecule has 1 fully saturated rings. The van der Waals surface area contributed by atoms with E-state index < -0.39 is 9.84 Å². The topological polar surface area (TPSA) is 63.4 Å². The third kappa shape index (κ3) is 4.45. The van der Waals surface area contributed by atoms with E-state index in [0.717, 1.165) is 13.1 Å². The van der Waals surface area contributed by atoms with Crippen LogP contribution in [0, 0.1) is 0 Å². The van der Waals surface area contributed by atoms with Crippen LogP contribution in [0.1, 0.15) is 18.4 Å². The van der Waals surface area contributed by atoms with Crippen LogP contribution in [-0.2, 0) is 9.84 Å². The zero-order chi connectivity index (χ0) is 13.9. The molecule has 0 spiro atoms. The molecule has 4 nitrogen and oxygen atoms in total. The highest BCUT2D eigenvalue weighted by atomic mass is 35.5. The Kier molecular flexibility index (Phi) is 6.45. The van der Waals surface area contributed by atoms with Crippen molar-refractivity contribution in [3.63, 3.8) is 0 Å². The molecule has 0 radical (unpaired) electrons. The maximum Gasteiger partial charge on any atom is 0.151 e. The van der Waals surface area contributed by atoms with Crippen molar-refractivity contribution >= 4 is 22.2 Å². The lowest BCUT2D eigenvalue weighted by atomic mass is 9.95. The van der Waals surface area contributed by atoms with Gasteiger partial charge in [-0.1, -0.05) is 37.3 Å². The van der Waals surface area contributed by atoms with Crippen molar-refractivity contribution in [2.75, 3.05) is 31.1 Å². The van der Waals surface area contributed by atoms with Crippen LogP contribution in [0.3, 0.4) is 0 Å². The van der Waals surface area contributed by atoms with E-state index in [0.29, 0.717) is 12.5 Å². The zero-order valence-corrected chi connectivity index (χ0v) is 13.4. The number of nitrogens with zero attached hydrogens (tertiary/aromatic N) is 1. The van der Waals surface area contributed by atoms with Gasteiger partial charge in [-0.3, -0.25) is 0 Å². The largest absolute Gasteiger partial charge is 0.326 e. The molecule has 0 saturated carbocycles. The first-order chi connectivity index (χ1) is 9.02. The van der Waals surface area contributed by atoms with E-state index in [1.807, 2.05) is 18.2 Å². The van der Waals surface area contributed by atoms with Gasteiger partial charge >= 0.3 is 0 Å². The fraction of sp³-hybridized carbons (Fsp3) is 0.571. The van der Waals surface area contributed by atoms with E-state index in [4.69, 9.17) is 5.73 Å². The summed E-state index contributed by atoms with van der Waals surface area (Å²) in [5.41, 5.74) is 7.43. The molecule has 0 aromatic heterocycles. The molecule has 1 heterocycles. The predicted octanol–water partition coefficient (Wildman–Crippen LogP) is 1.27. The average Bonchev–Trinajstić information content (AvgIpc) is 2.79. The highest BCUT2D eigenvalue weighted by Gasteiger charge is 2.31. The fourth-order valence-corrected chi connectivity index (χ4v) is 3.39. The third-order valence-electron chi connectivity index (χ3n) is 3.83. The molecule has 1 aliphatic heterocycles. The second-order valence-corrected chi connectivity index (χ2v) is 7.65. The lowest BCUT2D eigenvalue weighted by molar-refractivity contribution is 0.351. The summed E-state index contributed by atoms with van der Waals surface area (Å²) >= 11 is 0. The summed E-state index contributed by atoms with van der Waals surface area (Å²) in [6, 6.07) is 10.3. The standard InChI is InChI=1S/C14H22N2O2S.ClH/c1-2-19(17,18)9-8-16-10-13(14(15)11-16)12-6-4-3-5-7-12;/h3-7,13-14H,2,8-11,15H2,1H3;1H/t13-,14+;/m0./s1. The Hall–Kier alpha value is -0.620. The molecule has 20 heavy (non-hydrogen) atoms. The summed E-state index contributed by atoms with van der Waals surface area (Å²) in [5, 5.41) is 0. The molecule has 6 heteroatoms. The molecule has 0 bridgehead atoms. The van der Waals surface area contributed by atoms with Gasteiger partial charge < -0.3 is 10.6 Å². The number of sulfone groups is 1. The molecule has 1 aromatic carbocycles. The van der Waals surface area contributed by atoms with Gasteiger partial charge in [0.05, 0.1) is 5.75 Å². The van der Waals surface area contributed by atoms with Gasteiger partial charge in [0.25, 0.3) is 0 Å². The van der Waals surface area contributed by atoms with Crippen molar-refractivity contribution in [3.05, 3.63) is 35.9 Å². The molecular weight excluding hydrogens is 296 g/mol. The third-order valence-corrected chi connectivity index (χ3v) is 5.51. The quantitative estimate of drug-likeness (QED) is 0.888. The predicted molar refractivity (Wildman–Crippen MR) is 85.2 cm³/mol. The SMILES string of the molecule is CCS(=O)(=O)CCN1C[C@@H](N)[C@H](c2ccccc2)C1.Cl. The summed E-state index contributed by atoms with van der Waals surface area (Å²) in [7, 11) is -2.89. The molecule has 1 aromatic rings. The van der Waals surface area contributed by atoms with Gasteiger partial charge in [0.2, 0.25) is 0 Å². The molecule has 0 unspecified atom stereocenters. The van der Waals surface area contributed by atoms with Crippen LogP contribution in [-0.4, -0.2) is 50.5 Å². The first kappa shape index (κ1) is 17.4. The van der Waals surface area contributed by atoms with Gasteiger partial charge in [0.1, 0.15) is 0 Å². The Bertz CT molecular complexity index is 507. The highest BCUT2D eigenvalue weighted by molar-refractivity contribution is 7.91. The summed E-state index contributed by atoms with van der Waals surface area (Å²) in [6.45, 7) is 3.91.